The Bertz CT molecular complexity index is 744. The summed E-state index contributed by atoms with van der Waals surface area (Å²) in [6, 6.07) is 9.28. The zero-order valence-corrected chi connectivity index (χ0v) is 14.5. The van der Waals surface area contributed by atoms with Gasteiger partial charge in [-0.1, -0.05) is 23.1 Å². The van der Waals surface area contributed by atoms with Crippen LogP contribution in [0.3, 0.4) is 0 Å². The standard InChI is InChI=1S/C16H19ClN4OS/c1-11-9-15(18)21(23-11)16(19-10-14-3-2-8-22-14)20-13-6-4-12(17)5-7-13/h4-7,9,14,18H,2-3,8,10H2,1H3,(H,19,20)/t14-/m1/s1. The number of hydrogen-bond acceptors (Lipinski definition) is 4. The van der Waals surface area contributed by atoms with Crippen molar-refractivity contribution in [3.63, 3.8) is 0 Å². The Kier molecular flexibility index (Phi) is 5.15. The van der Waals surface area contributed by atoms with Crippen LogP contribution in [0.1, 0.15) is 17.7 Å². The highest BCUT2D eigenvalue weighted by molar-refractivity contribution is 7.07. The predicted octanol–water partition coefficient (Wildman–Crippen LogP) is 3.49. The molecular weight excluding hydrogens is 332 g/mol. The molecule has 1 aromatic carbocycles. The van der Waals surface area contributed by atoms with Crippen molar-refractivity contribution in [2.45, 2.75) is 25.9 Å². The van der Waals surface area contributed by atoms with Gasteiger partial charge in [-0.3, -0.25) is 5.41 Å². The van der Waals surface area contributed by atoms with Crippen LogP contribution >= 0.6 is 23.1 Å². The molecule has 3 rings (SSSR count). The van der Waals surface area contributed by atoms with Gasteiger partial charge >= 0.3 is 0 Å². The SMILES string of the molecule is Cc1cc(=N)n(C(=NC[C@H]2CCCO2)Nc2ccc(Cl)cc2)s1. The molecule has 0 bridgehead atoms. The van der Waals surface area contributed by atoms with Gasteiger partial charge in [0.25, 0.3) is 0 Å². The first-order valence-electron chi connectivity index (χ1n) is 7.55. The predicted molar refractivity (Wildman–Crippen MR) is 94.6 cm³/mol. The fraction of sp³-hybridized carbons (Fsp3) is 0.375. The van der Waals surface area contributed by atoms with Crippen molar-refractivity contribution in [2.75, 3.05) is 18.5 Å². The zero-order valence-electron chi connectivity index (χ0n) is 12.9. The summed E-state index contributed by atoms with van der Waals surface area (Å²) in [5, 5.41) is 12.1. The van der Waals surface area contributed by atoms with Crippen molar-refractivity contribution in [2.24, 2.45) is 4.99 Å². The van der Waals surface area contributed by atoms with Crippen LogP contribution < -0.4 is 10.8 Å². The first kappa shape index (κ1) is 16.2. The first-order chi connectivity index (χ1) is 11.1. The van der Waals surface area contributed by atoms with Gasteiger partial charge in [0, 0.05) is 22.2 Å². The Morgan fingerprint density at radius 1 is 1.48 bits per heavy atom. The van der Waals surface area contributed by atoms with Crippen molar-refractivity contribution < 1.29 is 4.74 Å². The highest BCUT2D eigenvalue weighted by Gasteiger charge is 2.16. The number of anilines is 1. The zero-order chi connectivity index (χ0) is 16.2. The summed E-state index contributed by atoms with van der Waals surface area (Å²) in [6.45, 7) is 3.40. The smallest absolute Gasteiger partial charge is 0.218 e. The lowest BCUT2D eigenvalue weighted by molar-refractivity contribution is 0.118. The second kappa shape index (κ2) is 7.29. The second-order valence-corrected chi connectivity index (χ2v) is 7.09. The minimum Gasteiger partial charge on any atom is -0.376 e. The van der Waals surface area contributed by atoms with Crippen LogP contribution in [0, 0.1) is 12.3 Å². The molecule has 0 saturated carbocycles. The summed E-state index contributed by atoms with van der Waals surface area (Å²) in [7, 11) is 0. The molecule has 2 heterocycles. The van der Waals surface area contributed by atoms with E-state index in [2.05, 4.69) is 10.3 Å². The van der Waals surface area contributed by atoms with E-state index in [0.29, 0.717) is 23.0 Å². The van der Waals surface area contributed by atoms with Crippen LogP contribution in [0.4, 0.5) is 5.69 Å². The third kappa shape index (κ3) is 4.22. The van der Waals surface area contributed by atoms with E-state index in [4.69, 9.17) is 21.7 Å². The van der Waals surface area contributed by atoms with E-state index < -0.39 is 0 Å². The summed E-state index contributed by atoms with van der Waals surface area (Å²) in [5.74, 6) is 0.644. The van der Waals surface area contributed by atoms with Crippen LogP contribution in [0.5, 0.6) is 0 Å². The number of rotatable bonds is 3. The third-order valence-electron chi connectivity index (χ3n) is 3.56. The highest BCUT2D eigenvalue weighted by atomic mass is 35.5. The van der Waals surface area contributed by atoms with Crippen molar-refractivity contribution in [3.05, 3.63) is 45.7 Å². The van der Waals surface area contributed by atoms with Gasteiger partial charge in [-0.05, 0) is 50.1 Å². The molecule has 7 heteroatoms. The molecule has 2 N–H and O–H groups in total. The van der Waals surface area contributed by atoms with Crippen LogP contribution in [0.25, 0.3) is 0 Å². The number of nitrogens with zero attached hydrogens (tertiary/aromatic N) is 2. The third-order valence-corrected chi connectivity index (χ3v) is 4.77. The number of ether oxygens (including phenoxy) is 1. The second-order valence-electron chi connectivity index (χ2n) is 5.46. The van der Waals surface area contributed by atoms with Gasteiger partial charge < -0.3 is 10.1 Å². The molecule has 23 heavy (non-hydrogen) atoms. The van der Waals surface area contributed by atoms with Crippen molar-refractivity contribution in [3.8, 4) is 0 Å². The summed E-state index contributed by atoms with van der Waals surface area (Å²) in [6.07, 6.45) is 2.31. The lowest BCUT2D eigenvalue weighted by Crippen LogP contribution is -2.29. The number of nitrogens with one attached hydrogen (secondary N) is 2. The summed E-state index contributed by atoms with van der Waals surface area (Å²) < 4.78 is 7.43. The minimum atomic E-state index is 0.174. The van der Waals surface area contributed by atoms with Gasteiger partial charge in [-0.15, -0.1) is 0 Å². The molecule has 0 amide bonds. The summed E-state index contributed by atoms with van der Waals surface area (Å²) in [4.78, 5) is 5.74. The first-order valence-corrected chi connectivity index (χ1v) is 8.70. The molecular formula is C16H19ClN4OS. The van der Waals surface area contributed by atoms with Gasteiger partial charge in [-0.25, -0.2) is 8.95 Å². The summed E-state index contributed by atoms with van der Waals surface area (Å²) in [5.41, 5.74) is 1.30. The normalized spacial score (nSPS) is 18.3. The van der Waals surface area contributed by atoms with Crippen molar-refractivity contribution in [1.82, 2.24) is 3.96 Å². The maximum atomic E-state index is 8.11. The highest BCUT2D eigenvalue weighted by Crippen LogP contribution is 2.15. The van der Waals surface area contributed by atoms with E-state index in [1.165, 1.54) is 11.5 Å². The Morgan fingerprint density at radius 2 is 2.26 bits per heavy atom. The molecule has 5 nitrogen and oxygen atoms in total. The Hall–Kier alpha value is -1.63. The molecule has 1 aromatic heterocycles. The average Bonchev–Trinajstić information content (AvgIpc) is 3.15. The Morgan fingerprint density at radius 3 is 2.87 bits per heavy atom. The van der Waals surface area contributed by atoms with E-state index in [9.17, 15) is 0 Å². The summed E-state index contributed by atoms with van der Waals surface area (Å²) >= 11 is 7.43. The monoisotopic (exact) mass is 350 g/mol. The van der Waals surface area contributed by atoms with Crippen LogP contribution in [-0.4, -0.2) is 29.2 Å². The molecule has 1 saturated heterocycles. The van der Waals surface area contributed by atoms with Crippen molar-refractivity contribution in [1.29, 1.82) is 5.41 Å². The van der Waals surface area contributed by atoms with E-state index in [1.807, 2.05) is 37.3 Å². The molecule has 1 atom stereocenters. The molecule has 0 aliphatic carbocycles. The molecule has 1 aliphatic rings. The molecule has 122 valence electrons. The van der Waals surface area contributed by atoms with Crippen LogP contribution in [-0.2, 0) is 4.74 Å². The quantitative estimate of drug-likeness (QED) is 0.657. The topological polar surface area (TPSA) is 62.4 Å². The molecule has 0 radical (unpaired) electrons. The van der Waals surface area contributed by atoms with E-state index in [-0.39, 0.29) is 6.10 Å². The Labute approximate surface area is 144 Å². The maximum Gasteiger partial charge on any atom is 0.218 e. The fourth-order valence-corrected chi connectivity index (χ4v) is 3.34. The average molecular weight is 351 g/mol. The molecule has 1 aliphatic heterocycles. The van der Waals surface area contributed by atoms with Crippen LogP contribution in [0.2, 0.25) is 5.02 Å². The molecule has 0 spiro atoms. The number of halogens is 1. The van der Waals surface area contributed by atoms with Crippen LogP contribution in [0.15, 0.2) is 35.3 Å². The minimum absolute atomic E-state index is 0.174. The van der Waals surface area contributed by atoms with Gasteiger partial charge in [0.05, 0.1) is 12.6 Å². The molecule has 0 unspecified atom stereocenters. The number of hydrogen-bond donors (Lipinski definition) is 2. The van der Waals surface area contributed by atoms with Gasteiger partial charge in [0.1, 0.15) is 5.49 Å². The number of aromatic nitrogens is 1. The van der Waals surface area contributed by atoms with Gasteiger partial charge in [-0.2, -0.15) is 0 Å². The Balaban J connectivity index is 1.85. The van der Waals surface area contributed by atoms with E-state index >= 15 is 0 Å². The van der Waals surface area contributed by atoms with E-state index in [1.54, 1.807) is 3.96 Å². The number of aryl methyl sites for hydroxylation is 1. The number of benzene rings is 1. The fourth-order valence-electron chi connectivity index (χ4n) is 2.42. The lowest BCUT2D eigenvalue weighted by Gasteiger charge is -2.12. The van der Waals surface area contributed by atoms with E-state index in [0.717, 1.165) is 30.0 Å². The molecule has 1 fully saturated rings. The maximum absolute atomic E-state index is 8.11. The largest absolute Gasteiger partial charge is 0.376 e. The van der Waals surface area contributed by atoms with Gasteiger partial charge in [0.15, 0.2) is 0 Å². The number of aliphatic imine (C=N–C) groups is 1. The lowest BCUT2D eigenvalue weighted by atomic mass is 10.2. The van der Waals surface area contributed by atoms with Gasteiger partial charge in [0.2, 0.25) is 5.96 Å². The molecule has 2 aromatic rings. The van der Waals surface area contributed by atoms with Crippen molar-refractivity contribution >= 4 is 34.8 Å².